The van der Waals surface area contributed by atoms with Crippen LogP contribution in [0.3, 0.4) is 0 Å². The molecular weight excluding hydrogens is 871 g/mol. The number of imidazole rings is 2. The molecule has 2 aliphatic heterocycles. The Labute approximate surface area is 388 Å². The second kappa shape index (κ2) is 19.2. The number of H-pyrrole nitrogens is 2. The SMILES string of the molecule is C=CC(=O)N1CCC(c2cnn3c(C(N)=O)c(-c4ccc(Oc5ccc(F)cc5)cc4)[nH]c23)C1.CC#CCN1CCC(c2cnn3c(C(N)=O)c(-c4ccc(Oc5ccc(F)cc5)cc4)[nH]c23)C1. The van der Waals surface area contributed by atoms with Crippen molar-refractivity contribution < 1.29 is 32.6 Å². The standard InChI is InChI=1S/C26H24FN5O2.C25H22FN5O3/c1-2-3-13-31-14-12-18(16-31)22-15-29-32-24(25(28)33)23(30-26(22)32)17-4-8-20(9-5-17)34-21-10-6-19(27)7-11-21;1-2-21(32)30-12-11-16(14-30)20-13-28-31-23(24(27)33)22(29-25(20)31)15-3-7-18(8-4-15)34-19-9-5-17(26)6-10-19/h4-11,15,18,30H,12-14,16H2,1H3,(H2,28,33);2-10,13,16,29H,1,11-12,14H2,(H2,27,33). The molecule has 15 nitrogen and oxygen atoms in total. The Morgan fingerprint density at radius 3 is 1.54 bits per heavy atom. The number of nitrogens with zero attached hydrogens (tertiary/aromatic N) is 6. The molecule has 0 aliphatic carbocycles. The summed E-state index contributed by atoms with van der Waals surface area (Å²) in [5.41, 5.74) is 18.1. The van der Waals surface area contributed by atoms with Crippen LogP contribution in [0.15, 0.2) is 122 Å². The molecule has 344 valence electrons. The van der Waals surface area contributed by atoms with E-state index in [4.69, 9.17) is 20.9 Å². The van der Waals surface area contributed by atoms with E-state index in [0.717, 1.165) is 60.4 Å². The zero-order valence-corrected chi connectivity index (χ0v) is 36.9. The summed E-state index contributed by atoms with van der Waals surface area (Å²) in [5, 5.41) is 8.89. The molecule has 2 unspecified atom stereocenters. The number of fused-ring (bicyclic) bond motifs is 2. The van der Waals surface area contributed by atoms with Crippen molar-refractivity contribution in [2.45, 2.75) is 31.6 Å². The molecule has 0 spiro atoms. The van der Waals surface area contributed by atoms with Gasteiger partial charge in [-0.25, -0.2) is 17.8 Å². The predicted octanol–water partition coefficient (Wildman–Crippen LogP) is 8.03. The Kier molecular flexibility index (Phi) is 12.6. The number of amides is 3. The number of aromatic nitrogens is 6. The quantitative estimate of drug-likeness (QED) is 0.0699. The normalized spacial score (nSPS) is 15.7. The maximum absolute atomic E-state index is 13.1. The van der Waals surface area contributed by atoms with Crippen LogP contribution in [-0.4, -0.2) is 89.4 Å². The van der Waals surface area contributed by atoms with Crippen LogP contribution in [0.4, 0.5) is 8.78 Å². The van der Waals surface area contributed by atoms with Crippen molar-refractivity contribution in [1.29, 1.82) is 0 Å². The molecule has 10 rings (SSSR count). The second-order valence-electron chi connectivity index (χ2n) is 16.4. The van der Waals surface area contributed by atoms with Crippen molar-refractivity contribution in [1.82, 2.24) is 39.0 Å². The van der Waals surface area contributed by atoms with Gasteiger partial charge in [0.05, 0.1) is 30.3 Å². The number of nitrogens with two attached hydrogens (primary N) is 2. The lowest BCUT2D eigenvalue weighted by Gasteiger charge is -2.13. The number of nitrogens with one attached hydrogen (secondary N) is 2. The highest BCUT2D eigenvalue weighted by atomic mass is 19.1. The third-order valence-electron chi connectivity index (χ3n) is 12.1. The first kappa shape index (κ1) is 44.7. The number of primary amides is 2. The van der Waals surface area contributed by atoms with Crippen molar-refractivity contribution in [3.05, 3.63) is 156 Å². The summed E-state index contributed by atoms with van der Waals surface area (Å²) in [7, 11) is 0. The third kappa shape index (κ3) is 9.17. The Morgan fingerprint density at radius 1 is 0.691 bits per heavy atom. The summed E-state index contributed by atoms with van der Waals surface area (Å²) >= 11 is 0. The Bertz CT molecular complexity index is 3220. The minimum absolute atomic E-state index is 0.0834. The summed E-state index contributed by atoms with van der Waals surface area (Å²) in [5.74, 6) is 6.72. The molecule has 0 saturated carbocycles. The summed E-state index contributed by atoms with van der Waals surface area (Å²) in [4.78, 5) is 47.5. The second-order valence-corrected chi connectivity index (χ2v) is 16.4. The van der Waals surface area contributed by atoms with Gasteiger partial charge in [0.2, 0.25) is 5.91 Å². The third-order valence-corrected chi connectivity index (χ3v) is 12.1. The van der Waals surface area contributed by atoms with Gasteiger partial charge in [-0.1, -0.05) is 12.5 Å². The minimum atomic E-state index is -0.613. The summed E-state index contributed by atoms with van der Waals surface area (Å²) in [6.45, 7) is 9.22. The number of carbonyl (C=O) groups is 3. The van der Waals surface area contributed by atoms with E-state index >= 15 is 0 Å². The van der Waals surface area contributed by atoms with Crippen LogP contribution < -0.4 is 20.9 Å². The molecule has 3 amide bonds. The lowest BCUT2D eigenvalue weighted by molar-refractivity contribution is -0.125. The number of hydrogen-bond acceptors (Lipinski definition) is 8. The summed E-state index contributed by atoms with van der Waals surface area (Å²) in [6, 6.07) is 25.9. The molecule has 0 radical (unpaired) electrons. The molecule has 2 aliphatic rings. The molecule has 2 saturated heterocycles. The first-order chi connectivity index (χ1) is 33.0. The van der Waals surface area contributed by atoms with Crippen molar-refractivity contribution in [3.8, 4) is 57.4 Å². The zero-order valence-electron chi connectivity index (χ0n) is 36.9. The summed E-state index contributed by atoms with van der Waals surface area (Å²) < 4.78 is 40.9. The van der Waals surface area contributed by atoms with Gasteiger partial charge < -0.3 is 35.8 Å². The largest absolute Gasteiger partial charge is 0.457 e. The van der Waals surface area contributed by atoms with Gasteiger partial charge in [-0.05, 0) is 129 Å². The molecular formula is C51H46F2N10O5. The Hall–Kier alpha value is -8.49. The molecule has 4 aromatic heterocycles. The molecule has 2 fully saturated rings. The van der Waals surface area contributed by atoms with E-state index in [1.807, 2.05) is 25.3 Å². The highest BCUT2D eigenvalue weighted by Crippen LogP contribution is 2.36. The van der Waals surface area contributed by atoms with Crippen molar-refractivity contribution >= 4 is 29.0 Å². The van der Waals surface area contributed by atoms with Crippen LogP contribution in [-0.2, 0) is 4.79 Å². The number of hydrogen-bond donors (Lipinski definition) is 4. The maximum atomic E-state index is 13.1. The fourth-order valence-corrected chi connectivity index (χ4v) is 8.77. The average Bonchev–Trinajstić information content (AvgIpc) is 4.21. The zero-order chi connectivity index (χ0) is 47.5. The van der Waals surface area contributed by atoms with Gasteiger partial charge >= 0.3 is 0 Å². The monoisotopic (exact) mass is 916 g/mol. The number of benzene rings is 4. The lowest BCUT2D eigenvalue weighted by atomic mass is 10.0. The molecule has 6 N–H and O–H groups in total. The minimum Gasteiger partial charge on any atom is -0.457 e. The molecule has 8 aromatic rings. The van der Waals surface area contributed by atoms with Crippen LogP contribution >= 0.6 is 0 Å². The number of likely N-dealkylation sites (tertiary alicyclic amines) is 2. The molecule has 6 heterocycles. The highest BCUT2D eigenvalue weighted by molar-refractivity contribution is 5.99. The van der Waals surface area contributed by atoms with E-state index < -0.39 is 11.8 Å². The van der Waals surface area contributed by atoms with Crippen LogP contribution in [0.1, 0.15) is 63.7 Å². The van der Waals surface area contributed by atoms with Gasteiger partial charge in [0.25, 0.3) is 11.8 Å². The van der Waals surface area contributed by atoms with Gasteiger partial charge in [-0.15, -0.1) is 5.92 Å². The van der Waals surface area contributed by atoms with E-state index in [0.29, 0.717) is 64.7 Å². The fraction of sp³-hybridized carbons (Fsp3) is 0.196. The van der Waals surface area contributed by atoms with Gasteiger partial charge in [-0.3, -0.25) is 19.3 Å². The number of aromatic amines is 2. The maximum Gasteiger partial charge on any atom is 0.269 e. The average molecular weight is 917 g/mol. The number of rotatable bonds is 12. The lowest BCUT2D eigenvalue weighted by Crippen LogP contribution is -2.26. The Morgan fingerprint density at radius 2 is 1.12 bits per heavy atom. The van der Waals surface area contributed by atoms with E-state index in [1.165, 1.54) is 34.9 Å². The molecule has 4 aromatic carbocycles. The van der Waals surface area contributed by atoms with E-state index in [9.17, 15) is 23.2 Å². The molecule has 68 heavy (non-hydrogen) atoms. The topological polar surface area (TPSA) is 194 Å². The van der Waals surface area contributed by atoms with E-state index in [1.54, 1.807) is 76.3 Å². The van der Waals surface area contributed by atoms with Crippen molar-refractivity contribution in [2.75, 3.05) is 32.7 Å². The van der Waals surface area contributed by atoms with Gasteiger partial charge in [-0.2, -0.15) is 10.2 Å². The molecule has 17 heteroatoms. The molecule has 2 atom stereocenters. The summed E-state index contributed by atoms with van der Waals surface area (Å²) in [6.07, 6.45) is 6.64. The predicted molar refractivity (Wildman–Crippen MR) is 251 cm³/mol. The fourth-order valence-electron chi connectivity index (χ4n) is 8.77. The smallest absolute Gasteiger partial charge is 0.269 e. The Balaban J connectivity index is 0.000000170. The van der Waals surface area contributed by atoms with Crippen LogP contribution in [0.2, 0.25) is 0 Å². The van der Waals surface area contributed by atoms with E-state index in [2.05, 4.69) is 43.5 Å². The van der Waals surface area contributed by atoms with Crippen molar-refractivity contribution in [2.24, 2.45) is 11.5 Å². The van der Waals surface area contributed by atoms with Gasteiger partial charge in [0.1, 0.15) is 45.9 Å². The van der Waals surface area contributed by atoms with E-state index in [-0.39, 0.29) is 29.2 Å². The van der Waals surface area contributed by atoms with Crippen LogP contribution in [0, 0.1) is 23.5 Å². The van der Waals surface area contributed by atoms with Gasteiger partial charge in [0.15, 0.2) is 11.4 Å². The first-order valence-corrected chi connectivity index (χ1v) is 21.9. The molecule has 0 bridgehead atoms. The van der Waals surface area contributed by atoms with Crippen LogP contribution in [0.25, 0.3) is 33.8 Å². The highest BCUT2D eigenvalue weighted by Gasteiger charge is 2.32. The first-order valence-electron chi connectivity index (χ1n) is 21.9. The van der Waals surface area contributed by atoms with Gasteiger partial charge in [0, 0.05) is 53.7 Å². The number of halogens is 2. The van der Waals surface area contributed by atoms with Crippen LogP contribution in [0.5, 0.6) is 23.0 Å². The number of ether oxygens (including phenoxy) is 2. The van der Waals surface area contributed by atoms with Crippen molar-refractivity contribution in [3.63, 3.8) is 0 Å². The number of carbonyl (C=O) groups excluding carboxylic acids is 3.